The van der Waals surface area contributed by atoms with E-state index in [4.69, 9.17) is 0 Å². The van der Waals surface area contributed by atoms with Gasteiger partial charge in [-0.25, -0.2) is 0 Å². The van der Waals surface area contributed by atoms with Crippen LogP contribution in [-0.4, -0.2) is 42.6 Å². The van der Waals surface area contributed by atoms with E-state index in [1.807, 2.05) is 6.07 Å². The number of benzene rings is 1. The van der Waals surface area contributed by atoms with Gasteiger partial charge in [0.05, 0.1) is 18.0 Å². The Morgan fingerprint density at radius 1 is 1.10 bits per heavy atom. The van der Waals surface area contributed by atoms with Gasteiger partial charge in [0, 0.05) is 37.9 Å². The highest BCUT2D eigenvalue weighted by molar-refractivity contribution is 5.85. The Balaban J connectivity index is 0.00000272. The zero-order chi connectivity index (χ0) is 21.4. The first-order chi connectivity index (χ1) is 14.3. The highest BCUT2D eigenvalue weighted by Gasteiger charge is 2.57. The first-order valence-electron chi connectivity index (χ1n) is 9.69. The first kappa shape index (κ1) is 23.1. The van der Waals surface area contributed by atoms with Crippen LogP contribution in [0.25, 0.3) is 0 Å². The van der Waals surface area contributed by atoms with Crippen molar-refractivity contribution >= 4 is 18.1 Å². The Hall–Kier alpha value is -2.54. The van der Waals surface area contributed by atoms with Gasteiger partial charge in [-0.15, -0.1) is 25.6 Å². The van der Waals surface area contributed by atoms with Crippen LogP contribution in [0.5, 0.6) is 5.75 Å². The third kappa shape index (κ3) is 4.15. The van der Waals surface area contributed by atoms with Crippen molar-refractivity contribution in [3.63, 3.8) is 0 Å². The Labute approximate surface area is 184 Å². The quantitative estimate of drug-likeness (QED) is 0.721. The molecule has 0 saturated carbocycles. The Kier molecular flexibility index (Phi) is 6.37. The highest BCUT2D eigenvalue weighted by Crippen LogP contribution is 2.48. The van der Waals surface area contributed by atoms with E-state index >= 15 is 0 Å². The average molecular weight is 455 g/mol. The SMILES string of the molecule is Cl.N#CC1(C(O)(c2ccc(OC(F)(F)F)cc2)c2cncc(N3CCCC3)c2)CNC1. The maximum absolute atomic E-state index is 12.5. The van der Waals surface area contributed by atoms with E-state index in [0.29, 0.717) is 11.1 Å². The van der Waals surface area contributed by atoms with Gasteiger partial charge in [0.1, 0.15) is 16.8 Å². The molecule has 0 radical (unpaired) electrons. The van der Waals surface area contributed by atoms with Crippen LogP contribution in [0.1, 0.15) is 24.0 Å². The van der Waals surface area contributed by atoms with Gasteiger partial charge in [0.25, 0.3) is 0 Å². The number of nitrogens with zero attached hydrogens (tertiary/aromatic N) is 3. The monoisotopic (exact) mass is 454 g/mol. The van der Waals surface area contributed by atoms with Crippen molar-refractivity contribution in [2.45, 2.75) is 24.8 Å². The molecular weight excluding hydrogens is 433 g/mol. The molecular formula is C21H22ClF3N4O2. The minimum absolute atomic E-state index is 0. The molecule has 6 nitrogen and oxygen atoms in total. The molecule has 2 aliphatic heterocycles. The largest absolute Gasteiger partial charge is 0.573 e. The van der Waals surface area contributed by atoms with Gasteiger partial charge in [0.2, 0.25) is 0 Å². The predicted octanol–water partition coefficient (Wildman–Crippen LogP) is 3.35. The molecule has 10 heteroatoms. The first-order valence-corrected chi connectivity index (χ1v) is 9.69. The van der Waals surface area contributed by atoms with Crippen LogP contribution in [0.2, 0.25) is 0 Å². The molecule has 2 aromatic rings. The van der Waals surface area contributed by atoms with Gasteiger partial charge in [-0.1, -0.05) is 12.1 Å². The molecule has 2 saturated heterocycles. The summed E-state index contributed by atoms with van der Waals surface area (Å²) < 4.78 is 41.5. The fourth-order valence-electron chi connectivity index (χ4n) is 4.18. The van der Waals surface area contributed by atoms with E-state index in [1.54, 1.807) is 6.20 Å². The number of halogens is 4. The number of nitrogens with one attached hydrogen (secondary N) is 1. The van der Waals surface area contributed by atoms with Gasteiger partial charge >= 0.3 is 6.36 Å². The number of alkyl halides is 3. The maximum Gasteiger partial charge on any atom is 0.573 e. The van der Waals surface area contributed by atoms with E-state index in [9.17, 15) is 23.5 Å². The lowest BCUT2D eigenvalue weighted by Crippen LogP contribution is -2.64. The zero-order valence-electron chi connectivity index (χ0n) is 16.5. The number of aliphatic hydroxyl groups is 1. The number of rotatable bonds is 5. The summed E-state index contributed by atoms with van der Waals surface area (Å²) in [5.74, 6) is -0.393. The van der Waals surface area contributed by atoms with Crippen LogP contribution >= 0.6 is 12.4 Å². The van der Waals surface area contributed by atoms with Crippen LogP contribution in [-0.2, 0) is 5.60 Å². The predicted molar refractivity (Wildman–Crippen MR) is 110 cm³/mol. The average Bonchev–Trinajstić information content (AvgIpc) is 3.21. The fourth-order valence-corrected chi connectivity index (χ4v) is 4.18. The second-order valence-electron chi connectivity index (χ2n) is 7.71. The Morgan fingerprint density at radius 3 is 2.26 bits per heavy atom. The van der Waals surface area contributed by atoms with E-state index in [1.165, 1.54) is 18.3 Å². The van der Waals surface area contributed by atoms with Crippen LogP contribution in [0.4, 0.5) is 18.9 Å². The molecule has 0 aliphatic carbocycles. The second kappa shape index (κ2) is 8.54. The van der Waals surface area contributed by atoms with Crippen molar-refractivity contribution in [3.8, 4) is 11.8 Å². The standard InChI is InChI=1S/C21H21F3N4O2.ClH/c22-21(23,24)30-18-5-3-15(4-6-18)20(29,19(12-25)13-27-14-19)16-9-17(11-26-10-16)28-7-1-2-8-28;/h3-6,9-11,27,29H,1-2,7-8,13-14H2;1H. The summed E-state index contributed by atoms with van der Waals surface area (Å²) in [7, 11) is 0. The lowest BCUT2D eigenvalue weighted by Gasteiger charge is -2.49. The maximum atomic E-state index is 12.5. The van der Waals surface area contributed by atoms with Crippen molar-refractivity contribution in [1.29, 1.82) is 5.26 Å². The van der Waals surface area contributed by atoms with Gasteiger partial charge in [-0.2, -0.15) is 5.26 Å². The molecule has 2 fully saturated rings. The normalized spacial score (nSPS) is 19.5. The van der Waals surface area contributed by atoms with Crippen LogP contribution < -0.4 is 15.0 Å². The number of ether oxygens (including phenoxy) is 1. The molecule has 2 aliphatic rings. The number of anilines is 1. The van der Waals surface area contributed by atoms with E-state index in [0.717, 1.165) is 43.8 Å². The van der Waals surface area contributed by atoms with Crippen LogP contribution in [0, 0.1) is 16.7 Å². The molecule has 4 rings (SSSR count). The Bertz CT molecular complexity index is 954. The van der Waals surface area contributed by atoms with Gasteiger partial charge in [-0.05, 0) is 36.6 Å². The minimum atomic E-state index is -4.81. The summed E-state index contributed by atoms with van der Waals surface area (Å²) in [6, 6.07) is 9.05. The highest BCUT2D eigenvalue weighted by atomic mass is 35.5. The fraction of sp³-hybridized carbons (Fsp3) is 0.429. The molecule has 0 amide bonds. The van der Waals surface area contributed by atoms with E-state index in [-0.39, 0.29) is 25.5 Å². The molecule has 0 spiro atoms. The third-order valence-corrected chi connectivity index (χ3v) is 5.88. The molecule has 166 valence electrons. The van der Waals surface area contributed by atoms with E-state index < -0.39 is 23.1 Å². The van der Waals surface area contributed by atoms with Crippen molar-refractivity contribution in [2.24, 2.45) is 5.41 Å². The minimum Gasteiger partial charge on any atom is -0.406 e. The third-order valence-electron chi connectivity index (χ3n) is 5.88. The molecule has 3 heterocycles. The second-order valence-corrected chi connectivity index (χ2v) is 7.71. The summed E-state index contributed by atoms with van der Waals surface area (Å²) in [5.41, 5.74) is -1.35. The number of nitriles is 1. The molecule has 31 heavy (non-hydrogen) atoms. The molecule has 0 bridgehead atoms. The summed E-state index contributed by atoms with van der Waals surface area (Å²) in [4.78, 5) is 6.45. The van der Waals surface area contributed by atoms with Crippen molar-refractivity contribution < 1.29 is 23.0 Å². The van der Waals surface area contributed by atoms with Gasteiger partial charge in [-0.3, -0.25) is 4.98 Å². The number of pyridine rings is 1. The zero-order valence-corrected chi connectivity index (χ0v) is 17.3. The topological polar surface area (TPSA) is 81.4 Å². The lowest BCUT2D eigenvalue weighted by atomic mass is 9.62. The smallest absolute Gasteiger partial charge is 0.406 e. The number of hydrogen-bond donors (Lipinski definition) is 2. The van der Waals surface area contributed by atoms with E-state index in [2.05, 4.69) is 26.0 Å². The van der Waals surface area contributed by atoms with Gasteiger partial charge in [0.15, 0.2) is 0 Å². The summed E-state index contributed by atoms with van der Waals surface area (Å²) in [6.07, 6.45) is 0.560. The summed E-state index contributed by atoms with van der Waals surface area (Å²) in [6.45, 7) is 2.26. The van der Waals surface area contributed by atoms with Gasteiger partial charge < -0.3 is 20.1 Å². The summed E-state index contributed by atoms with van der Waals surface area (Å²) in [5, 5.41) is 24.9. The molecule has 1 aromatic heterocycles. The van der Waals surface area contributed by atoms with Crippen molar-refractivity contribution in [2.75, 3.05) is 31.1 Å². The van der Waals surface area contributed by atoms with Crippen LogP contribution in [0.3, 0.4) is 0 Å². The lowest BCUT2D eigenvalue weighted by molar-refractivity contribution is -0.274. The molecule has 1 aromatic carbocycles. The summed E-state index contributed by atoms with van der Waals surface area (Å²) >= 11 is 0. The number of hydrogen-bond acceptors (Lipinski definition) is 6. The molecule has 2 N–H and O–H groups in total. The molecule has 1 atom stereocenters. The van der Waals surface area contributed by atoms with Crippen LogP contribution in [0.15, 0.2) is 42.7 Å². The van der Waals surface area contributed by atoms with Crippen molar-refractivity contribution in [1.82, 2.24) is 10.3 Å². The number of aromatic nitrogens is 1. The molecule has 1 unspecified atom stereocenters. The van der Waals surface area contributed by atoms with Crippen molar-refractivity contribution in [3.05, 3.63) is 53.9 Å². The Morgan fingerprint density at radius 2 is 1.74 bits per heavy atom.